The zero-order valence-corrected chi connectivity index (χ0v) is 10.3. The van der Waals surface area contributed by atoms with Crippen molar-refractivity contribution in [3.8, 4) is 0 Å². The van der Waals surface area contributed by atoms with Crippen LogP contribution in [0, 0.1) is 0 Å². The summed E-state index contributed by atoms with van der Waals surface area (Å²) in [6.45, 7) is 11.8. The second-order valence-electron chi connectivity index (χ2n) is 5.06. The van der Waals surface area contributed by atoms with Crippen molar-refractivity contribution in [1.82, 2.24) is 9.80 Å². The Hall–Kier alpha value is -0.160. The van der Waals surface area contributed by atoms with Gasteiger partial charge in [0.25, 0.3) is 0 Å². The van der Waals surface area contributed by atoms with Crippen molar-refractivity contribution in [2.24, 2.45) is 11.5 Å². The maximum Gasteiger partial charge on any atom is 0.0196 e. The van der Waals surface area contributed by atoms with E-state index in [1.54, 1.807) is 0 Å². The Morgan fingerprint density at radius 3 is 2.20 bits per heavy atom. The summed E-state index contributed by atoms with van der Waals surface area (Å²) < 4.78 is 0. The molecule has 0 aromatic heterocycles. The minimum Gasteiger partial charge on any atom is -0.327 e. The Labute approximate surface area is 93.6 Å². The Balaban J connectivity index is 2.34. The Kier molecular flexibility index (Phi) is 4.99. The number of hydrogen-bond donors (Lipinski definition) is 2. The topological polar surface area (TPSA) is 58.5 Å². The van der Waals surface area contributed by atoms with Gasteiger partial charge >= 0.3 is 0 Å². The quantitative estimate of drug-likeness (QED) is 0.674. The van der Waals surface area contributed by atoms with Gasteiger partial charge in [0.2, 0.25) is 0 Å². The fraction of sp³-hybridized carbons (Fsp3) is 1.00. The predicted molar refractivity (Wildman–Crippen MR) is 64.8 cm³/mol. The summed E-state index contributed by atoms with van der Waals surface area (Å²) in [4.78, 5) is 4.93. The lowest BCUT2D eigenvalue weighted by Crippen LogP contribution is -2.55. The van der Waals surface area contributed by atoms with Crippen molar-refractivity contribution < 1.29 is 0 Å². The molecule has 0 bridgehead atoms. The zero-order chi connectivity index (χ0) is 11.4. The molecule has 1 aliphatic heterocycles. The van der Waals surface area contributed by atoms with Crippen molar-refractivity contribution in [3.05, 3.63) is 0 Å². The van der Waals surface area contributed by atoms with E-state index in [-0.39, 0.29) is 12.1 Å². The molecule has 0 aliphatic carbocycles. The van der Waals surface area contributed by atoms with E-state index in [0.29, 0.717) is 6.04 Å². The van der Waals surface area contributed by atoms with Gasteiger partial charge in [0, 0.05) is 50.8 Å². The molecule has 90 valence electrons. The molecular weight excluding hydrogens is 188 g/mol. The molecular formula is C11H26N4. The van der Waals surface area contributed by atoms with Crippen LogP contribution in [0.3, 0.4) is 0 Å². The summed E-state index contributed by atoms with van der Waals surface area (Å²) >= 11 is 0. The highest BCUT2D eigenvalue weighted by atomic mass is 15.3. The molecule has 4 N–H and O–H groups in total. The van der Waals surface area contributed by atoms with Crippen molar-refractivity contribution in [2.75, 3.05) is 32.7 Å². The summed E-state index contributed by atoms with van der Waals surface area (Å²) in [7, 11) is 0. The Bertz CT molecular complexity index is 181. The van der Waals surface area contributed by atoms with E-state index in [9.17, 15) is 0 Å². The van der Waals surface area contributed by atoms with Gasteiger partial charge in [-0.25, -0.2) is 0 Å². The van der Waals surface area contributed by atoms with E-state index >= 15 is 0 Å². The minimum absolute atomic E-state index is 0.271. The van der Waals surface area contributed by atoms with Crippen molar-refractivity contribution in [3.63, 3.8) is 0 Å². The molecule has 3 unspecified atom stereocenters. The monoisotopic (exact) mass is 214 g/mol. The van der Waals surface area contributed by atoms with Gasteiger partial charge in [-0.2, -0.15) is 0 Å². The van der Waals surface area contributed by atoms with E-state index < -0.39 is 0 Å². The lowest BCUT2D eigenvalue weighted by atomic mass is 10.1. The van der Waals surface area contributed by atoms with E-state index in [1.165, 1.54) is 0 Å². The van der Waals surface area contributed by atoms with Crippen molar-refractivity contribution >= 4 is 0 Å². The highest BCUT2D eigenvalue weighted by Gasteiger charge is 2.24. The molecule has 1 heterocycles. The fourth-order valence-corrected chi connectivity index (χ4v) is 2.28. The largest absolute Gasteiger partial charge is 0.327 e. The lowest BCUT2D eigenvalue weighted by Gasteiger charge is -2.41. The fourth-order valence-electron chi connectivity index (χ4n) is 2.28. The minimum atomic E-state index is 0.271. The van der Waals surface area contributed by atoms with Crippen LogP contribution in [0.5, 0.6) is 0 Å². The molecule has 3 atom stereocenters. The average molecular weight is 214 g/mol. The molecule has 0 radical (unpaired) electrons. The molecule has 1 saturated heterocycles. The van der Waals surface area contributed by atoms with Crippen LogP contribution in [-0.2, 0) is 0 Å². The van der Waals surface area contributed by atoms with E-state index in [1.807, 2.05) is 0 Å². The average Bonchev–Trinajstić information content (AvgIpc) is 2.08. The molecule has 0 saturated carbocycles. The summed E-state index contributed by atoms with van der Waals surface area (Å²) in [5.41, 5.74) is 11.6. The Morgan fingerprint density at radius 2 is 1.73 bits per heavy atom. The SMILES string of the molecule is CC(N)CN1CCN(CC(C)N)C(C)C1. The van der Waals surface area contributed by atoms with Gasteiger partial charge < -0.3 is 11.5 Å². The van der Waals surface area contributed by atoms with Gasteiger partial charge in [0.1, 0.15) is 0 Å². The molecule has 1 fully saturated rings. The number of nitrogens with two attached hydrogens (primary N) is 2. The van der Waals surface area contributed by atoms with Crippen molar-refractivity contribution in [1.29, 1.82) is 0 Å². The highest BCUT2D eigenvalue weighted by molar-refractivity contribution is 4.81. The molecule has 0 aromatic rings. The number of piperazine rings is 1. The molecule has 0 spiro atoms. The van der Waals surface area contributed by atoms with E-state index in [4.69, 9.17) is 11.5 Å². The van der Waals surface area contributed by atoms with Crippen LogP contribution in [0.2, 0.25) is 0 Å². The first kappa shape index (κ1) is 12.9. The second-order valence-corrected chi connectivity index (χ2v) is 5.06. The summed E-state index contributed by atoms with van der Waals surface area (Å²) in [6.07, 6.45) is 0. The zero-order valence-electron chi connectivity index (χ0n) is 10.3. The third kappa shape index (κ3) is 4.47. The normalized spacial score (nSPS) is 29.0. The van der Waals surface area contributed by atoms with Gasteiger partial charge in [0.15, 0.2) is 0 Å². The summed E-state index contributed by atoms with van der Waals surface area (Å²) in [5.74, 6) is 0. The molecule has 4 nitrogen and oxygen atoms in total. The number of hydrogen-bond acceptors (Lipinski definition) is 4. The first-order valence-corrected chi connectivity index (χ1v) is 5.96. The number of nitrogens with zero attached hydrogens (tertiary/aromatic N) is 2. The van der Waals surface area contributed by atoms with E-state index in [0.717, 1.165) is 32.7 Å². The van der Waals surface area contributed by atoms with Crippen LogP contribution in [0.4, 0.5) is 0 Å². The van der Waals surface area contributed by atoms with E-state index in [2.05, 4.69) is 30.6 Å². The molecule has 4 heteroatoms. The summed E-state index contributed by atoms with van der Waals surface area (Å²) in [6, 6.07) is 1.15. The molecule has 1 aliphatic rings. The smallest absolute Gasteiger partial charge is 0.0196 e. The van der Waals surface area contributed by atoms with Crippen LogP contribution in [0.15, 0.2) is 0 Å². The van der Waals surface area contributed by atoms with Crippen LogP contribution in [0.25, 0.3) is 0 Å². The van der Waals surface area contributed by atoms with Crippen molar-refractivity contribution in [2.45, 2.75) is 38.9 Å². The van der Waals surface area contributed by atoms with Crippen LogP contribution in [-0.4, -0.2) is 60.6 Å². The summed E-state index contributed by atoms with van der Waals surface area (Å²) in [5, 5.41) is 0. The first-order valence-electron chi connectivity index (χ1n) is 5.96. The van der Waals surface area contributed by atoms with Gasteiger partial charge in [-0.1, -0.05) is 0 Å². The molecule has 15 heavy (non-hydrogen) atoms. The maximum absolute atomic E-state index is 5.83. The van der Waals surface area contributed by atoms with Gasteiger partial charge in [0.05, 0.1) is 0 Å². The maximum atomic E-state index is 5.83. The first-order chi connectivity index (χ1) is 6.99. The lowest BCUT2D eigenvalue weighted by molar-refractivity contribution is 0.0774. The Morgan fingerprint density at radius 1 is 1.13 bits per heavy atom. The standard InChI is InChI=1S/C11H26N4/c1-9(12)6-14-4-5-15(7-10(2)13)11(3)8-14/h9-11H,4-8,12-13H2,1-3H3. The van der Waals surface area contributed by atoms with Gasteiger partial charge in [-0.05, 0) is 20.8 Å². The molecule has 0 amide bonds. The third-order valence-electron chi connectivity index (χ3n) is 2.92. The predicted octanol–water partition coefficient (Wildman–Crippen LogP) is -0.313. The highest BCUT2D eigenvalue weighted by Crippen LogP contribution is 2.09. The molecule has 1 rings (SSSR count). The number of rotatable bonds is 4. The van der Waals surface area contributed by atoms with Gasteiger partial charge in [-0.15, -0.1) is 0 Å². The second kappa shape index (κ2) is 5.80. The third-order valence-corrected chi connectivity index (χ3v) is 2.92. The van der Waals surface area contributed by atoms with Crippen LogP contribution < -0.4 is 11.5 Å². The van der Waals surface area contributed by atoms with Crippen LogP contribution in [0.1, 0.15) is 20.8 Å². The van der Waals surface area contributed by atoms with Gasteiger partial charge in [-0.3, -0.25) is 9.80 Å². The van der Waals surface area contributed by atoms with Crippen LogP contribution >= 0.6 is 0 Å². The molecule has 0 aromatic carbocycles.